The van der Waals surface area contributed by atoms with E-state index in [9.17, 15) is 9.59 Å². The molecule has 0 aliphatic heterocycles. The predicted octanol–water partition coefficient (Wildman–Crippen LogP) is 4.50. The Bertz CT molecular complexity index is 1140. The van der Waals surface area contributed by atoms with Crippen LogP contribution in [0.25, 0.3) is 10.9 Å². The van der Waals surface area contributed by atoms with E-state index in [1.807, 2.05) is 26.8 Å². The van der Waals surface area contributed by atoms with Gasteiger partial charge in [-0.05, 0) is 44.5 Å². The summed E-state index contributed by atoms with van der Waals surface area (Å²) in [5, 5.41) is 1.60. The number of hydrogen-bond acceptors (Lipinski definition) is 5. The summed E-state index contributed by atoms with van der Waals surface area (Å²) in [5.41, 5.74) is 3.10. The summed E-state index contributed by atoms with van der Waals surface area (Å²) in [4.78, 5) is 30.5. The summed E-state index contributed by atoms with van der Waals surface area (Å²) in [5.74, 6) is 0.219. The van der Waals surface area contributed by atoms with E-state index in [-0.39, 0.29) is 17.1 Å². The summed E-state index contributed by atoms with van der Waals surface area (Å²) >= 11 is 7.37. The zero-order valence-corrected chi connectivity index (χ0v) is 19.3. The molecule has 0 fully saturated rings. The van der Waals surface area contributed by atoms with Gasteiger partial charge >= 0.3 is 0 Å². The van der Waals surface area contributed by atoms with Crippen LogP contribution < -0.4 is 5.56 Å². The van der Waals surface area contributed by atoms with Gasteiger partial charge in [0.25, 0.3) is 5.56 Å². The molecule has 30 heavy (non-hydrogen) atoms. The third kappa shape index (κ3) is 4.63. The first-order chi connectivity index (χ1) is 14.4. The number of Topliss-reactive ketones (excluding diaryl/α,β-unsaturated/α-hetero) is 1. The van der Waals surface area contributed by atoms with Gasteiger partial charge in [-0.15, -0.1) is 0 Å². The molecular formula is C22H26ClN3O3S. The SMILES string of the molecule is CCCn1c(SCC(=O)c2cc(C)n(CCOC)c2C)nc2cc(Cl)ccc2c1=O. The van der Waals surface area contributed by atoms with Crippen molar-refractivity contribution in [2.45, 2.75) is 45.4 Å². The van der Waals surface area contributed by atoms with Gasteiger partial charge in [0, 0.05) is 42.2 Å². The van der Waals surface area contributed by atoms with Crippen molar-refractivity contribution in [2.24, 2.45) is 0 Å². The molecule has 0 atom stereocenters. The van der Waals surface area contributed by atoms with Crippen LogP contribution in [-0.4, -0.2) is 39.4 Å². The van der Waals surface area contributed by atoms with Crippen LogP contribution in [0.1, 0.15) is 35.1 Å². The fourth-order valence-electron chi connectivity index (χ4n) is 3.52. The molecule has 0 bridgehead atoms. The van der Waals surface area contributed by atoms with Gasteiger partial charge in [-0.25, -0.2) is 4.98 Å². The van der Waals surface area contributed by atoms with Gasteiger partial charge in [-0.3, -0.25) is 14.2 Å². The minimum Gasteiger partial charge on any atom is -0.383 e. The van der Waals surface area contributed by atoms with Gasteiger partial charge in [-0.2, -0.15) is 0 Å². The zero-order chi connectivity index (χ0) is 21.8. The molecule has 1 aromatic carbocycles. The standard InChI is InChI=1S/C22H26ClN3O3S/c1-5-8-26-21(28)17-7-6-16(23)12-19(17)24-22(26)30-13-20(27)18-11-14(2)25(15(18)3)9-10-29-4/h6-7,11-12H,5,8-10,13H2,1-4H3. The Labute approximate surface area is 185 Å². The number of fused-ring (bicyclic) bond motifs is 1. The third-order valence-electron chi connectivity index (χ3n) is 5.05. The van der Waals surface area contributed by atoms with Crippen molar-refractivity contribution in [3.8, 4) is 0 Å². The fraction of sp³-hybridized carbons (Fsp3) is 0.409. The number of rotatable bonds is 9. The first-order valence-corrected chi connectivity index (χ1v) is 11.3. The minimum absolute atomic E-state index is 0.0141. The smallest absolute Gasteiger partial charge is 0.262 e. The molecule has 0 aliphatic carbocycles. The molecule has 0 amide bonds. The molecule has 0 radical (unpaired) electrons. The van der Waals surface area contributed by atoms with Crippen LogP contribution in [0.2, 0.25) is 5.02 Å². The Kier molecular flexibility index (Phi) is 7.39. The number of carbonyl (C=O) groups is 1. The molecule has 160 valence electrons. The Balaban J connectivity index is 1.89. The fourth-order valence-corrected chi connectivity index (χ4v) is 4.60. The summed E-state index contributed by atoms with van der Waals surface area (Å²) in [6.07, 6.45) is 0.794. The number of ether oxygens (including phenoxy) is 1. The molecule has 0 aliphatic rings. The van der Waals surface area contributed by atoms with Gasteiger partial charge in [0.15, 0.2) is 10.9 Å². The first kappa shape index (κ1) is 22.6. The highest BCUT2D eigenvalue weighted by Gasteiger charge is 2.18. The highest BCUT2D eigenvalue weighted by molar-refractivity contribution is 7.99. The maximum atomic E-state index is 12.9. The van der Waals surface area contributed by atoms with Crippen molar-refractivity contribution >= 4 is 40.0 Å². The highest BCUT2D eigenvalue weighted by atomic mass is 35.5. The van der Waals surface area contributed by atoms with Crippen LogP contribution in [0, 0.1) is 13.8 Å². The lowest BCUT2D eigenvalue weighted by Gasteiger charge is -2.12. The average molecular weight is 448 g/mol. The molecule has 2 heterocycles. The van der Waals surface area contributed by atoms with E-state index in [1.165, 1.54) is 11.8 Å². The largest absolute Gasteiger partial charge is 0.383 e. The summed E-state index contributed by atoms with van der Waals surface area (Å²) in [6, 6.07) is 7.00. The maximum Gasteiger partial charge on any atom is 0.262 e. The van der Waals surface area contributed by atoms with E-state index in [1.54, 1.807) is 29.9 Å². The number of aromatic nitrogens is 3. The summed E-state index contributed by atoms with van der Waals surface area (Å²) in [7, 11) is 1.66. The number of methoxy groups -OCH3 is 1. The lowest BCUT2D eigenvalue weighted by Crippen LogP contribution is -2.23. The molecule has 2 aromatic heterocycles. The van der Waals surface area contributed by atoms with E-state index in [4.69, 9.17) is 16.3 Å². The van der Waals surface area contributed by atoms with E-state index < -0.39 is 0 Å². The van der Waals surface area contributed by atoms with E-state index in [2.05, 4.69) is 9.55 Å². The highest BCUT2D eigenvalue weighted by Crippen LogP contribution is 2.23. The second-order valence-electron chi connectivity index (χ2n) is 7.15. The molecule has 0 saturated carbocycles. The lowest BCUT2D eigenvalue weighted by atomic mass is 10.2. The van der Waals surface area contributed by atoms with E-state index >= 15 is 0 Å². The van der Waals surface area contributed by atoms with Crippen LogP contribution in [0.5, 0.6) is 0 Å². The van der Waals surface area contributed by atoms with Crippen molar-refractivity contribution in [2.75, 3.05) is 19.5 Å². The predicted molar refractivity (Wildman–Crippen MR) is 122 cm³/mol. The van der Waals surface area contributed by atoms with Crippen LogP contribution in [-0.2, 0) is 17.8 Å². The number of halogens is 1. The number of thioether (sulfide) groups is 1. The minimum atomic E-state index is -0.105. The molecule has 0 spiro atoms. The number of ketones is 1. The van der Waals surface area contributed by atoms with E-state index in [0.29, 0.717) is 46.3 Å². The molecule has 6 nitrogen and oxygen atoms in total. The van der Waals surface area contributed by atoms with Crippen molar-refractivity contribution in [1.82, 2.24) is 14.1 Å². The molecule has 0 N–H and O–H groups in total. The van der Waals surface area contributed by atoms with Crippen LogP contribution in [0.3, 0.4) is 0 Å². The van der Waals surface area contributed by atoms with Crippen LogP contribution in [0.15, 0.2) is 34.2 Å². The van der Waals surface area contributed by atoms with Crippen molar-refractivity contribution in [1.29, 1.82) is 0 Å². The van der Waals surface area contributed by atoms with E-state index in [0.717, 1.165) is 17.8 Å². The molecule has 0 saturated heterocycles. The Hall–Kier alpha value is -2.09. The summed E-state index contributed by atoms with van der Waals surface area (Å²) < 4.78 is 8.90. The monoisotopic (exact) mass is 447 g/mol. The average Bonchev–Trinajstić information content (AvgIpc) is 3.00. The maximum absolute atomic E-state index is 12.9. The van der Waals surface area contributed by atoms with Crippen molar-refractivity contribution in [3.63, 3.8) is 0 Å². The normalized spacial score (nSPS) is 11.4. The number of aryl methyl sites for hydroxylation is 1. The summed E-state index contributed by atoms with van der Waals surface area (Å²) in [6.45, 7) is 7.78. The van der Waals surface area contributed by atoms with Crippen LogP contribution >= 0.6 is 23.4 Å². The van der Waals surface area contributed by atoms with Gasteiger partial charge < -0.3 is 9.30 Å². The molecule has 3 rings (SSSR count). The number of benzene rings is 1. The topological polar surface area (TPSA) is 66.1 Å². The van der Waals surface area contributed by atoms with Gasteiger partial charge in [0.1, 0.15) is 0 Å². The number of hydrogen-bond donors (Lipinski definition) is 0. The van der Waals surface area contributed by atoms with Gasteiger partial charge in [0.2, 0.25) is 0 Å². The number of carbonyl (C=O) groups excluding carboxylic acids is 1. The molecule has 0 unspecified atom stereocenters. The quantitative estimate of drug-likeness (QED) is 0.274. The van der Waals surface area contributed by atoms with Crippen molar-refractivity contribution in [3.05, 3.63) is 56.6 Å². The zero-order valence-electron chi connectivity index (χ0n) is 17.7. The van der Waals surface area contributed by atoms with Crippen LogP contribution in [0.4, 0.5) is 0 Å². The number of nitrogens with zero attached hydrogens (tertiary/aromatic N) is 3. The molecule has 3 aromatic rings. The second kappa shape index (κ2) is 9.81. The Morgan fingerprint density at radius 1 is 1.20 bits per heavy atom. The Morgan fingerprint density at radius 2 is 1.97 bits per heavy atom. The van der Waals surface area contributed by atoms with Gasteiger partial charge in [-0.1, -0.05) is 30.3 Å². The van der Waals surface area contributed by atoms with Crippen molar-refractivity contribution < 1.29 is 9.53 Å². The third-order valence-corrected chi connectivity index (χ3v) is 6.27. The molecule has 8 heteroatoms. The lowest BCUT2D eigenvalue weighted by molar-refractivity contribution is 0.102. The second-order valence-corrected chi connectivity index (χ2v) is 8.53. The molecular weight excluding hydrogens is 422 g/mol. The Morgan fingerprint density at radius 3 is 2.67 bits per heavy atom. The first-order valence-electron chi connectivity index (χ1n) is 9.89. The van der Waals surface area contributed by atoms with Gasteiger partial charge in [0.05, 0.1) is 23.3 Å².